The molecule has 3 aromatic carbocycles. The summed E-state index contributed by atoms with van der Waals surface area (Å²) in [6, 6.07) is 8.30. The maximum atomic E-state index is 13.3. The van der Waals surface area contributed by atoms with Gasteiger partial charge in [-0.15, -0.1) is 0 Å². The predicted molar refractivity (Wildman–Crippen MR) is 121 cm³/mol. The molecule has 0 aromatic heterocycles. The highest BCUT2D eigenvalue weighted by Crippen LogP contribution is 2.39. The van der Waals surface area contributed by atoms with Gasteiger partial charge in [0.25, 0.3) is 20.0 Å². The lowest BCUT2D eigenvalue weighted by Crippen LogP contribution is -2.20. The zero-order chi connectivity index (χ0) is 27.1. The predicted octanol–water partition coefficient (Wildman–Crippen LogP) is 6.29. The van der Waals surface area contributed by atoms with E-state index in [1.54, 1.807) is 17.7 Å². The Bertz CT molecular complexity index is 1500. The van der Waals surface area contributed by atoms with Crippen LogP contribution >= 0.6 is 11.6 Å². The molecule has 0 radical (unpaired) electrons. The Hall–Kier alpha value is -2.97. The standard InChI is InChI=1S/C21H15ClF6N2O4S2/c1-12-17(22)3-2-4-18(12)30-35(31,32)15-8-6-14(7-9-15)29-36(33,34)19-11-13(20(23,24)25)5-10-16(19)21(26,27)28/h2-11,29-30H,1H3. The Morgan fingerprint density at radius 3 is 1.92 bits per heavy atom. The molecule has 0 fully saturated rings. The van der Waals surface area contributed by atoms with E-state index in [9.17, 15) is 43.2 Å². The van der Waals surface area contributed by atoms with Gasteiger partial charge in [-0.1, -0.05) is 17.7 Å². The third-order valence-electron chi connectivity index (χ3n) is 4.83. The van der Waals surface area contributed by atoms with E-state index in [1.807, 2.05) is 0 Å². The fourth-order valence-corrected chi connectivity index (χ4v) is 5.60. The first kappa shape index (κ1) is 27.6. The number of sulfonamides is 2. The van der Waals surface area contributed by atoms with Crippen molar-refractivity contribution in [2.24, 2.45) is 0 Å². The van der Waals surface area contributed by atoms with Gasteiger partial charge >= 0.3 is 12.4 Å². The quantitative estimate of drug-likeness (QED) is 0.340. The number of benzene rings is 3. The molecule has 0 amide bonds. The third-order valence-corrected chi connectivity index (χ3v) is 8.04. The molecule has 0 saturated heterocycles. The Morgan fingerprint density at radius 1 is 0.750 bits per heavy atom. The summed E-state index contributed by atoms with van der Waals surface area (Å²) in [6.07, 6.45) is -10.4. The van der Waals surface area contributed by atoms with Crippen LogP contribution in [0.1, 0.15) is 16.7 Å². The van der Waals surface area contributed by atoms with Crippen molar-refractivity contribution in [3.8, 4) is 0 Å². The summed E-state index contributed by atoms with van der Waals surface area (Å²) in [5, 5.41) is 0.299. The summed E-state index contributed by atoms with van der Waals surface area (Å²) >= 11 is 5.96. The van der Waals surface area contributed by atoms with E-state index >= 15 is 0 Å². The lowest BCUT2D eigenvalue weighted by atomic mass is 10.1. The van der Waals surface area contributed by atoms with Crippen LogP contribution in [0.5, 0.6) is 0 Å². The second-order valence-corrected chi connectivity index (χ2v) is 11.1. The van der Waals surface area contributed by atoms with Gasteiger partial charge in [-0.05, 0) is 67.1 Å². The van der Waals surface area contributed by atoms with E-state index in [1.165, 1.54) is 12.1 Å². The number of alkyl halides is 6. The van der Waals surface area contributed by atoms with Crippen molar-refractivity contribution in [1.82, 2.24) is 0 Å². The molecule has 36 heavy (non-hydrogen) atoms. The van der Waals surface area contributed by atoms with Crippen molar-refractivity contribution >= 4 is 43.0 Å². The number of rotatable bonds is 6. The first-order valence-electron chi connectivity index (χ1n) is 9.61. The zero-order valence-corrected chi connectivity index (χ0v) is 20.3. The maximum Gasteiger partial charge on any atom is 0.417 e. The van der Waals surface area contributed by atoms with Gasteiger partial charge in [0.2, 0.25) is 0 Å². The minimum atomic E-state index is -5.27. The van der Waals surface area contributed by atoms with Gasteiger partial charge < -0.3 is 0 Å². The minimum Gasteiger partial charge on any atom is -0.280 e. The van der Waals surface area contributed by atoms with Gasteiger partial charge in [0.1, 0.15) is 4.90 Å². The zero-order valence-electron chi connectivity index (χ0n) is 17.9. The second kappa shape index (κ2) is 9.48. The highest BCUT2D eigenvalue weighted by molar-refractivity contribution is 7.93. The van der Waals surface area contributed by atoms with E-state index in [-0.39, 0.29) is 28.8 Å². The average Bonchev–Trinajstić information content (AvgIpc) is 2.75. The topological polar surface area (TPSA) is 92.3 Å². The number of hydrogen-bond donors (Lipinski definition) is 2. The van der Waals surface area contributed by atoms with E-state index in [0.717, 1.165) is 24.3 Å². The highest BCUT2D eigenvalue weighted by atomic mass is 35.5. The monoisotopic (exact) mass is 572 g/mol. The normalized spacial score (nSPS) is 12.9. The van der Waals surface area contributed by atoms with Gasteiger partial charge in [-0.2, -0.15) is 26.3 Å². The molecule has 0 heterocycles. The molecule has 0 unspecified atom stereocenters. The molecule has 2 N–H and O–H groups in total. The van der Waals surface area contributed by atoms with Crippen molar-refractivity contribution in [2.75, 3.05) is 9.44 Å². The van der Waals surface area contributed by atoms with Crippen molar-refractivity contribution in [1.29, 1.82) is 0 Å². The molecule has 0 spiro atoms. The van der Waals surface area contributed by atoms with E-state index in [4.69, 9.17) is 11.6 Å². The first-order chi connectivity index (χ1) is 16.4. The molecular formula is C21H15ClF6N2O4S2. The second-order valence-electron chi connectivity index (χ2n) is 7.35. The van der Waals surface area contributed by atoms with Crippen LogP contribution in [-0.4, -0.2) is 16.8 Å². The SMILES string of the molecule is Cc1c(Cl)cccc1NS(=O)(=O)c1ccc(NS(=O)(=O)c2cc(C(F)(F)F)ccc2C(F)(F)F)cc1. The van der Waals surface area contributed by atoms with Crippen LogP contribution in [0.2, 0.25) is 5.02 Å². The smallest absolute Gasteiger partial charge is 0.280 e. The van der Waals surface area contributed by atoms with E-state index in [0.29, 0.717) is 10.6 Å². The molecule has 0 bridgehead atoms. The first-order valence-corrected chi connectivity index (χ1v) is 13.0. The maximum absolute atomic E-state index is 13.3. The van der Waals surface area contributed by atoms with E-state index < -0.39 is 54.1 Å². The van der Waals surface area contributed by atoms with Gasteiger partial charge in [0.15, 0.2) is 0 Å². The van der Waals surface area contributed by atoms with Crippen molar-refractivity contribution in [3.63, 3.8) is 0 Å². The summed E-state index contributed by atoms with van der Waals surface area (Å²) in [5.41, 5.74) is -3.17. The van der Waals surface area contributed by atoms with Gasteiger partial charge in [0, 0.05) is 10.7 Å². The molecule has 194 valence electrons. The number of nitrogens with one attached hydrogen (secondary N) is 2. The molecule has 0 atom stereocenters. The molecule has 0 aliphatic carbocycles. The third kappa shape index (κ3) is 6.05. The van der Waals surface area contributed by atoms with Gasteiger partial charge in [-0.25, -0.2) is 16.8 Å². The Labute approximate surface area is 207 Å². The van der Waals surface area contributed by atoms with Gasteiger partial charge in [-0.3, -0.25) is 9.44 Å². The van der Waals surface area contributed by atoms with E-state index in [2.05, 4.69) is 4.72 Å². The van der Waals surface area contributed by atoms with Crippen LogP contribution in [0.4, 0.5) is 37.7 Å². The van der Waals surface area contributed by atoms with Crippen molar-refractivity contribution < 1.29 is 43.2 Å². The van der Waals surface area contributed by atoms with Gasteiger partial charge in [0.05, 0.1) is 21.7 Å². The molecule has 0 aliphatic rings. The molecule has 0 saturated carbocycles. The van der Waals surface area contributed by atoms with Crippen LogP contribution in [0.3, 0.4) is 0 Å². The fraction of sp³-hybridized carbons (Fsp3) is 0.143. The van der Waals surface area contributed by atoms with Crippen LogP contribution in [-0.2, 0) is 32.4 Å². The summed E-state index contributed by atoms with van der Waals surface area (Å²) in [4.78, 5) is -1.97. The Kier molecular flexibility index (Phi) is 7.27. The average molecular weight is 573 g/mol. The summed E-state index contributed by atoms with van der Waals surface area (Å²) in [5.74, 6) is 0. The number of anilines is 2. The van der Waals surface area contributed by atoms with Crippen molar-refractivity contribution in [3.05, 3.63) is 82.4 Å². The Balaban J connectivity index is 1.93. The van der Waals surface area contributed by atoms with Crippen LogP contribution in [0.15, 0.2) is 70.5 Å². The van der Waals surface area contributed by atoms with Crippen LogP contribution in [0, 0.1) is 6.92 Å². The van der Waals surface area contributed by atoms with Crippen LogP contribution < -0.4 is 9.44 Å². The summed E-state index contributed by atoms with van der Waals surface area (Å²) in [6.45, 7) is 1.57. The molecule has 0 aliphatic heterocycles. The molecule has 3 aromatic rings. The lowest BCUT2D eigenvalue weighted by Gasteiger charge is -2.17. The largest absolute Gasteiger partial charge is 0.417 e. The highest BCUT2D eigenvalue weighted by Gasteiger charge is 2.40. The molecule has 6 nitrogen and oxygen atoms in total. The number of hydrogen-bond acceptors (Lipinski definition) is 4. The molecule has 3 rings (SSSR count). The fourth-order valence-electron chi connectivity index (χ4n) is 2.99. The lowest BCUT2D eigenvalue weighted by molar-refractivity contribution is -0.143. The number of halogens is 7. The van der Waals surface area contributed by atoms with Crippen molar-refractivity contribution in [2.45, 2.75) is 29.1 Å². The molecule has 15 heteroatoms. The summed E-state index contributed by atoms with van der Waals surface area (Å²) < 4.78 is 134. The minimum absolute atomic E-state index is 0.0244. The van der Waals surface area contributed by atoms with Crippen LogP contribution in [0.25, 0.3) is 0 Å². The Morgan fingerprint density at radius 2 is 1.36 bits per heavy atom. The molecular weight excluding hydrogens is 558 g/mol. The summed E-state index contributed by atoms with van der Waals surface area (Å²) in [7, 11) is -9.34.